The Kier molecular flexibility index (Phi) is 4.53. The minimum absolute atomic E-state index is 0.159. The average molecular weight is 219 g/mol. The topological polar surface area (TPSA) is 20.3 Å². The van der Waals surface area contributed by atoms with Gasteiger partial charge in [0.1, 0.15) is 0 Å². The highest BCUT2D eigenvalue weighted by atomic mass is 16.1. The maximum absolute atomic E-state index is 11.8. The molecule has 1 rings (SSSR count). The number of hydrogen-bond acceptors (Lipinski definition) is 2. The smallest absolute Gasteiger partial charge is 0.154 e. The van der Waals surface area contributed by atoms with Gasteiger partial charge in [-0.2, -0.15) is 0 Å². The molecule has 88 valence electrons. The Morgan fingerprint density at radius 3 is 2.69 bits per heavy atom. The van der Waals surface area contributed by atoms with Crippen molar-refractivity contribution < 1.29 is 4.79 Å². The van der Waals surface area contributed by atoms with Crippen molar-refractivity contribution in [1.29, 1.82) is 0 Å². The van der Waals surface area contributed by atoms with Gasteiger partial charge in [-0.1, -0.05) is 26.0 Å². The molecule has 0 aliphatic heterocycles. The molecular weight excluding hydrogens is 198 g/mol. The first kappa shape index (κ1) is 12.8. The molecule has 0 bridgehead atoms. The molecule has 1 aromatic carbocycles. The van der Waals surface area contributed by atoms with Gasteiger partial charge in [-0.15, -0.1) is 0 Å². The summed E-state index contributed by atoms with van der Waals surface area (Å²) < 4.78 is 0. The zero-order valence-electron chi connectivity index (χ0n) is 10.7. The van der Waals surface area contributed by atoms with E-state index in [1.165, 1.54) is 5.56 Å². The lowest BCUT2D eigenvalue weighted by atomic mass is 10.0. The number of ketones is 1. The highest BCUT2D eigenvalue weighted by molar-refractivity contribution is 5.85. The Morgan fingerprint density at radius 2 is 2.12 bits per heavy atom. The number of carbonyl (C=O) groups excluding carboxylic acids is 1. The zero-order valence-corrected chi connectivity index (χ0v) is 10.7. The van der Waals surface area contributed by atoms with E-state index in [4.69, 9.17) is 0 Å². The highest BCUT2D eigenvalue weighted by Crippen LogP contribution is 2.15. The van der Waals surface area contributed by atoms with E-state index < -0.39 is 0 Å². The zero-order chi connectivity index (χ0) is 12.1. The maximum atomic E-state index is 11.8. The number of likely N-dealkylation sites (N-methyl/N-ethyl adjacent to an activating group) is 1. The van der Waals surface area contributed by atoms with Crippen molar-refractivity contribution in [3.05, 3.63) is 29.8 Å². The van der Waals surface area contributed by atoms with Gasteiger partial charge < -0.3 is 4.90 Å². The number of hydrogen-bond donors (Lipinski definition) is 0. The monoisotopic (exact) mass is 219 g/mol. The number of aryl methyl sites for hydroxylation is 1. The molecule has 0 saturated carbocycles. The second-order valence-corrected chi connectivity index (χ2v) is 4.47. The summed E-state index contributed by atoms with van der Waals surface area (Å²) in [5.74, 6) is 0.471. The van der Waals surface area contributed by atoms with Gasteiger partial charge in [0.2, 0.25) is 0 Å². The van der Waals surface area contributed by atoms with Crippen LogP contribution in [0.5, 0.6) is 0 Å². The Bertz CT molecular complexity index is 360. The lowest BCUT2D eigenvalue weighted by Crippen LogP contribution is -2.29. The summed E-state index contributed by atoms with van der Waals surface area (Å²) >= 11 is 0. The normalized spacial score (nSPS) is 12.2. The summed E-state index contributed by atoms with van der Waals surface area (Å²) in [6.07, 6.45) is 0.917. The first-order chi connectivity index (χ1) is 7.54. The van der Waals surface area contributed by atoms with Crippen LogP contribution in [0.1, 0.15) is 25.8 Å². The third-order valence-corrected chi connectivity index (χ3v) is 3.00. The molecule has 0 saturated heterocycles. The van der Waals surface area contributed by atoms with Gasteiger partial charge in [0.15, 0.2) is 5.78 Å². The second-order valence-electron chi connectivity index (χ2n) is 4.47. The number of anilines is 1. The van der Waals surface area contributed by atoms with Gasteiger partial charge >= 0.3 is 0 Å². The van der Waals surface area contributed by atoms with Gasteiger partial charge in [0.05, 0.1) is 6.54 Å². The molecule has 0 heterocycles. The van der Waals surface area contributed by atoms with Gasteiger partial charge in [-0.05, 0) is 31.0 Å². The van der Waals surface area contributed by atoms with Crippen LogP contribution < -0.4 is 4.90 Å². The molecule has 0 fully saturated rings. The Morgan fingerprint density at radius 1 is 1.44 bits per heavy atom. The van der Waals surface area contributed by atoms with Crippen LogP contribution >= 0.6 is 0 Å². The summed E-state index contributed by atoms with van der Waals surface area (Å²) in [4.78, 5) is 13.8. The summed E-state index contributed by atoms with van der Waals surface area (Å²) in [7, 11) is 1.97. The Hall–Kier alpha value is -1.31. The van der Waals surface area contributed by atoms with Gasteiger partial charge in [-0.25, -0.2) is 0 Å². The van der Waals surface area contributed by atoms with Crippen molar-refractivity contribution in [2.24, 2.45) is 5.92 Å². The summed E-state index contributed by atoms with van der Waals surface area (Å²) in [5.41, 5.74) is 2.33. The first-order valence-corrected chi connectivity index (χ1v) is 5.85. The quantitative estimate of drug-likeness (QED) is 0.758. The predicted molar refractivity (Wildman–Crippen MR) is 68.9 cm³/mol. The fourth-order valence-electron chi connectivity index (χ4n) is 1.57. The number of benzene rings is 1. The largest absolute Gasteiger partial charge is 0.367 e. The molecule has 0 aliphatic rings. The van der Waals surface area contributed by atoms with Crippen LogP contribution in [-0.4, -0.2) is 19.4 Å². The highest BCUT2D eigenvalue weighted by Gasteiger charge is 2.13. The molecule has 2 nitrogen and oxygen atoms in total. The van der Waals surface area contributed by atoms with Crippen LogP contribution in [0, 0.1) is 12.8 Å². The first-order valence-electron chi connectivity index (χ1n) is 5.85. The summed E-state index contributed by atoms with van der Waals surface area (Å²) in [5, 5.41) is 0. The molecule has 16 heavy (non-hydrogen) atoms. The Balaban J connectivity index is 2.65. The van der Waals surface area contributed by atoms with E-state index in [0.29, 0.717) is 12.3 Å². The molecule has 0 radical (unpaired) electrons. The standard InChI is InChI=1S/C14H21NO/c1-5-12(3)14(16)10-15(4)13-8-6-7-11(2)9-13/h6-9,12H,5,10H2,1-4H3. The maximum Gasteiger partial charge on any atom is 0.154 e. The predicted octanol–water partition coefficient (Wildman–Crippen LogP) is 3.05. The van der Waals surface area contributed by atoms with E-state index in [1.807, 2.05) is 31.0 Å². The van der Waals surface area contributed by atoms with Crippen LogP contribution in [0.15, 0.2) is 24.3 Å². The lowest BCUT2D eigenvalue weighted by Gasteiger charge is -2.20. The molecule has 0 amide bonds. The lowest BCUT2D eigenvalue weighted by molar-refractivity contribution is -0.121. The van der Waals surface area contributed by atoms with Crippen LogP contribution in [-0.2, 0) is 4.79 Å². The van der Waals surface area contributed by atoms with Crippen LogP contribution in [0.2, 0.25) is 0 Å². The SMILES string of the molecule is CCC(C)C(=O)CN(C)c1cccc(C)c1. The van der Waals surface area contributed by atoms with E-state index in [9.17, 15) is 4.79 Å². The molecule has 0 aliphatic carbocycles. The van der Waals surface area contributed by atoms with Crippen molar-refractivity contribution in [3.8, 4) is 0 Å². The molecular formula is C14H21NO. The van der Waals surface area contributed by atoms with E-state index in [2.05, 4.69) is 26.0 Å². The molecule has 2 heteroatoms. The molecule has 0 aromatic heterocycles. The van der Waals surface area contributed by atoms with Crippen LogP contribution in [0.3, 0.4) is 0 Å². The van der Waals surface area contributed by atoms with Crippen molar-refractivity contribution in [2.75, 3.05) is 18.5 Å². The van der Waals surface area contributed by atoms with Crippen molar-refractivity contribution in [3.63, 3.8) is 0 Å². The second kappa shape index (κ2) is 5.69. The van der Waals surface area contributed by atoms with Gasteiger partial charge in [0, 0.05) is 18.7 Å². The third kappa shape index (κ3) is 3.37. The van der Waals surface area contributed by atoms with E-state index >= 15 is 0 Å². The molecule has 0 N–H and O–H groups in total. The number of nitrogens with zero attached hydrogens (tertiary/aromatic N) is 1. The molecule has 1 unspecified atom stereocenters. The van der Waals surface area contributed by atoms with E-state index in [0.717, 1.165) is 12.1 Å². The minimum atomic E-state index is 0.159. The number of Topliss-reactive ketones (excluding diaryl/α,β-unsaturated/α-hetero) is 1. The minimum Gasteiger partial charge on any atom is -0.367 e. The van der Waals surface area contributed by atoms with E-state index in [1.54, 1.807) is 0 Å². The van der Waals surface area contributed by atoms with Crippen molar-refractivity contribution in [1.82, 2.24) is 0 Å². The molecule has 1 atom stereocenters. The fraction of sp³-hybridized carbons (Fsp3) is 0.500. The average Bonchev–Trinajstić information content (AvgIpc) is 2.27. The molecule has 0 spiro atoms. The number of carbonyl (C=O) groups is 1. The van der Waals surface area contributed by atoms with Crippen LogP contribution in [0.4, 0.5) is 5.69 Å². The van der Waals surface area contributed by atoms with Crippen LogP contribution in [0.25, 0.3) is 0 Å². The Labute approximate surface area is 98.3 Å². The summed E-state index contributed by atoms with van der Waals surface area (Å²) in [6.45, 7) is 6.61. The van der Waals surface area contributed by atoms with E-state index in [-0.39, 0.29) is 5.92 Å². The third-order valence-electron chi connectivity index (χ3n) is 3.00. The van der Waals surface area contributed by atoms with Gasteiger partial charge in [-0.3, -0.25) is 4.79 Å². The fourth-order valence-corrected chi connectivity index (χ4v) is 1.57. The molecule has 1 aromatic rings. The summed E-state index contributed by atoms with van der Waals surface area (Å²) in [6, 6.07) is 8.23. The van der Waals surface area contributed by atoms with Crippen molar-refractivity contribution >= 4 is 11.5 Å². The number of rotatable bonds is 5. The van der Waals surface area contributed by atoms with Gasteiger partial charge in [0.25, 0.3) is 0 Å². The van der Waals surface area contributed by atoms with Crippen molar-refractivity contribution in [2.45, 2.75) is 27.2 Å².